The number of hydrogen-bond acceptors (Lipinski definition) is 2. The molecule has 88 valence electrons. The van der Waals surface area contributed by atoms with Crippen molar-refractivity contribution in [1.29, 1.82) is 0 Å². The van der Waals surface area contributed by atoms with Gasteiger partial charge in [0.05, 0.1) is 7.11 Å². The molecule has 2 rings (SSSR count). The van der Waals surface area contributed by atoms with Crippen LogP contribution in [0.5, 0.6) is 0 Å². The van der Waals surface area contributed by atoms with Gasteiger partial charge in [0.15, 0.2) is 0 Å². The van der Waals surface area contributed by atoms with Gasteiger partial charge in [-0.25, -0.2) is 4.79 Å². The highest BCUT2D eigenvalue weighted by atomic mass is 35.5. The molecule has 1 aromatic heterocycles. The third-order valence-corrected chi connectivity index (χ3v) is 2.89. The number of rotatable bonds is 3. The van der Waals surface area contributed by atoms with Gasteiger partial charge in [-0.2, -0.15) is 0 Å². The normalized spacial score (nSPS) is 10.2. The average Bonchev–Trinajstić information content (AvgIpc) is 2.79. The molecule has 0 radical (unpaired) electrons. The Morgan fingerprint density at radius 3 is 2.76 bits per heavy atom. The maximum atomic E-state index is 11.5. The number of nitrogens with zero attached hydrogens (tertiary/aromatic N) is 1. The van der Waals surface area contributed by atoms with E-state index in [0.29, 0.717) is 17.3 Å². The fraction of sp³-hybridized carbons (Fsp3) is 0.154. The Hall–Kier alpha value is -1.74. The number of carbonyl (C=O) groups excluding carboxylic acids is 1. The number of ether oxygens (including phenoxy) is 1. The Morgan fingerprint density at radius 2 is 2.06 bits per heavy atom. The third kappa shape index (κ3) is 2.50. The molecule has 0 aliphatic heterocycles. The van der Waals surface area contributed by atoms with Gasteiger partial charge in [0, 0.05) is 17.8 Å². The van der Waals surface area contributed by atoms with Crippen LogP contribution < -0.4 is 0 Å². The first-order valence-corrected chi connectivity index (χ1v) is 5.57. The fourth-order valence-corrected chi connectivity index (χ4v) is 1.85. The number of halogens is 1. The van der Waals surface area contributed by atoms with Crippen molar-refractivity contribution in [2.24, 2.45) is 0 Å². The number of aromatic nitrogens is 1. The van der Waals surface area contributed by atoms with Crippen LogP contribution in [-0.2, 0) is 11.3 Å². The lowest BCUT2D eigenvalue weighted by molar-refractivity contribution is 0.0589. The molecular weight excluding hydrogens is 238 g/mol. The van der Waals surface area contributed by atoms with Gasteiger partial charge in [-0.05, 0) is 23.8 Å². The molecule has 0 saturated heterocycles. The lowest BCUT2D eigenvalue weighted by Gasteiger charge is -2.09. The van der Waals surface area contributed by atoms with Crippen molar-refractivity contribution in [2.45, 2.75) is 6.54 Å². The van der Waals surface area contributed by atoms with E-state index in [1.807, 2.05) is 41.1 Å². The van der Waals surface area contributed by atoms with Crippen LogP contribution in [0.15, 0.2) is 42.6 Å². The molecule has 1 heterocycles. The number of esters is 1. The predicted octanol–water partition coefficient (Wildman–Crippen LogP) is 2.98. The first-order chi connectivity index (χ1) is 8.22. The second-order valence-corrected chi connectivity index (χ2v) is 4.01. The molecule has 0 bridgehead atoms. The molecule has 0 aliphatic carbocycles. The third-order valence-electron chi connectivity index (χ3n) is 2.52. The Balaban J connectivity index is 2.28. The zero-order chi connectivity index (χ0) is 12.3. The minimum atomic E-state index is -0.345. The molecule has 0 atom stereocenters. The zero-order valence-electron chi connectivity index (χ0n) is 9.39. The SMILES string of the molecule is COC(=O)c1cccn1Cc1ccccc1Cl. The summed E-state index contributed by atoms with van der Waals surface area (Å²) < 4.78 is 6.52. The zero-order valence-corrected chi connectivity index (χ0v) is 10.1. The summed E-state index contributed by atoms with van der Waals surface area (Å²) in [5.74, 6) is -0.345. The summed E-state index contributed by atoms with van der Waals surface area (Å²) in [4.78, 5) is 11.5. The maximum absolute atomic E-state index is 11.5. The predicted molar refractivity (Wildman–Crippen MR) is 66.3 cm³/mol. The molecule has 0 spiro atoms. The standard InChI is InChI=1S/C13H12ClNO2/c1-17-13(16)12-7-4-8-15(12)9-10-5-2-3-6-11(10)14/h2-8H,9H2,1H3. The van der Waals surface area contributed by atoms with E-state index in [1.165, 1.54) is 7.11 Å². The Labute approximate surface area is 105 Å². The summed E-state index contributed by atoms with van der Waals surface area (Å²) in [7, 11) is 1.37. The summed E-state index contributed by atoms with van der Waals surface area (Å²) in [6.07, 6.45) is 1.83. The van der Waals surface area contributed by atoms with Gasteiger partial charge in [0.2, 0.25) is 0 Å². The highest BCUT2D eigenvalue weighted by Crippen LogP contribution is 2.17. The summed E-state index contributed by atoms with van der Waals surface area (Å²) in [6, 6.07) is 11.1. The molecule has 0 fully saturated rings. The highest BCUT2D eigenvalue weighted by Gasteiger charge is 2.11. The van der Waals surface area contributed by atoms with Crippen LogP contribution in [0.4, 0.5) is 0 Å². The van der Waals surface area contributed by atoms with E-state index in [0.717, 1.165) is 5.56 Å². The Bertz CT molecular complexity index is 534. The van der Waals surface area contributed by atoms with Crippen molar-refractivity contribution in [3.8, 4) is 0 Å². The van der Waals surface area contributed by atoms with Gasteiger partial charge < -0.3 is 9.30 Å². The van der Waals surface area contributed by atoms with Gasteiger partial charge in [0.25, 0.3) is 0 Å². The van der Waals surface area contributed by atoms with Gasteiger partial charge in [-0.15, -0.1) is 0 Å². The summed E-state index contributed by atoms with van der Waals surface area (Å²) in [5.41, 5.74) is 1.49. The van der Waals surface area contributed by atoms with Crippen molar-refractivity contribution in [3.05, 3.63) is 58.9 Å². The summed E-state index contributed by atoms with van der Waals surface area (Å²) in [5, 5.41) is 0.692. The molecule has 2 aromatic rings. The molecule has 0 unspecified atom stereocenters. The van der Waals surface area contributed by atoms with Crippen LogP contribution in [0.1, 0.15) is 16.1 Å². The number of benzene rings is 1. The minimum absolute atomic E-state index is 0.345. The largest absolute Gasteiger partial charge is 0.464 e. The van der Waals surface area contributed by atoms with Gasteiger partial charge >= 0.3 is 5.97 Å². The van der Waals surface area contributed by atoms with Crippen molar-refractivity contribution in [3.63, 3.8) is 0 Å². The monoisotopic (exact) mass is 249 g/mol. The summed E-state index contributed by atoms with van der Waals surface area (Å²) >= 11 is 6.08. The van der Waals surface area contributed by atoms with Crippen LogP contribution in [0.3, 0.4) is 0 Å². The molecule has 0 N–H and O–H groups in total. The number of carbonyl (C=O) groups is 1. The molecule has 4 heteroatoms. The second kappa shape index (κ2) is 5.06. The molecule has 0 saturated carbocycles. The van der Waals surface area contributed by atoms with E-state index in [1.54, 1.807) is 6.07 Å². The second-order valence-electron chi connectivity index (χ2n) is 3.60. The minimum Gasteiger partial charge on any atom is -0.464 e. The van der Waals surface area contributed by atoms with Crippen LogP contribution in [-0.4, -0.2) is 17.6 Å². The number of hydrogen-bond donors (Lipinski definition) is 0. The smallest absolute Gasteiger partial charge is 0.354 e. The Morgan fingerprint density at radius 1 is 1.29 bits per heavy atom. The molecule has 0 aliphatic rings. The van der Waals surface area contributed by atoms with Crippen LogP contribution >= 0.6 is 11.6 Å². The van der Waals surface area contributed by atoms with Crippen LogP contribution in [0, 0.1) is 0 Å². The van der Waals surface area contributed by atoms with Crippen molar-refractivity contribution in [1.82, 2.24) is 4.57 Å². The van der Waals surface area contributed by atoms with Gasteiger partial charge in [0.1, 0.15) is 5.69 Å². The van der Waals surface area contributed by atoms with E-state index in [4.69, 9.17) is 16.3 Å². The van der Waals surface area contributed by atoms with Gasteiger partial charge in [-0.1, -0.05) is 29.8 Å². The molecule has 0 amide bonds. The van der Waals surface area contributed by atoms with E-state index >= 15 is 0 Å². The average molecular weight is 250 g/mol. The topological polar surface area (TPSA) is 31.2 Å². The maximum Gasteiger partial charge on any atom is 0.354 e. The first kappa shape index (κ1) is 11.7. The quantitative estimate of drug-likeness (QED) is 0.783. The fourth-order valence-electron chi connectivity index (χ4n) is 1.65. The highest BCUT2D eigenvalue weighted by molar-refractivity contribution is 6.31. The van der Waals surface area contributed by atoms with E-state index < -0.39 is 0 Å². The van der Waals surface area contributed by atoms with E-state index in [2.05, 4.69) is 0 Å². The molecule has 1 aromatic carbocycles. The number of methoxy groups -OCH3 is 1. The summed E-state index contributed by atoms with van der Waals surface area (Å²) in [6.45, 7) is 0.553. The van der Waals surface area contributed by atoms with Crippen molar-refractivity contribution < 1.29 is 9.53 Å². The van der Waals surface area contributed by atoms with Crippen molar-refractivity contribution in [2.75, 3.05) is 7.11 Å². The Kier molecular flexibility index (Phi) is 3.49. The first-order valence-electron chi connectivity index (χ1n) is 5.19. The van der Waals surface area contributed by atoms with E-state index in [9.17, 15) is 4.79 Å². The lowest BCUT2D eigenvalue weighted by Crippen LogP contribution is -2.10. The molecule has 3 nitrogen and oxygen atoms in total. The van der Waals surface area contributed by atoms with Crippen LogP contribution in [0.2, 0.25) is 5.02 Å². The van der Waals surface area contributed by atoms with Gasteiger partial charge in [-0.3, -0.25) is 0 Å². The molecule has 17 heavy (non-hydrogen) atoms. The van der Waals surface area contributed by atoms with Crippen molar-refractivity contribution >= 4 is 17.6 Å². The molecular formula is C13H12ClNO2. The van der Waals surface area contributed by atoms with E-state index in [-0.39, 0.29) is 5.97 Å². The lowest BCUT2D eigenvalue weighted by atomic mass is 10.2. The van der Waals surface area contributed by atoms with Crippen LogP contribution in [0.25, 0.3) is 0 Å².